The molecule has 1 aliphatic heterocycles. The van der Waals surface area contributed by atoms with Gasteiger partial charge in [0.2, 0.25) is 5.91 Å². The van der Waals surface area contributed by atoms with Crippen molar-refractivity contribution in [2.75, 3.05) is 13.1 Å². The summed E-state index contributed by atoms with van der Waals surface area (Å²) in [5, 5.41) is 3.43. The lowest BCUT2D eigenvalue weighted by molar-refractivity contribution is -0.136. The van der Waals surface area contributed by atoms with Crippen molar-refractivity contribution >= 4 is 18.3 Å². The maximum Gasteiger partial charge on any atom is 0.223 e. The molecule has 1 N–H and O–H groups in total. The number of amides is 1. The summed E-state index contributed by atoms with van der Waals surface area (Å²) in [5.41, 5.74) is 0. The van der Waals surface area contributed by atoms with Crippen LogP contribution in [0.15, 0.2) is 0 Å². The molecule has 1 aliphatic carbocycles. The SMILES string of the molecule is CC1NCCN(C(=O)CC2CCCCC2)C1C.Cl. The Balaban J connectivity index is 0.00000162. The zero-order valence-electron chi connectivity index (χ0n) is 11.7. The second kappa shape index (κ2) is 7.34. The Morgan fingerprint density at radius 2 is 1.89 bits per heavy atom. The van der Waals surface area contributed by atoms with Gasteiger partial charge in [-0.2, -0.15) is 0 Å². The molecule has 0 aromatic carbocycles. The smallest absolute Gasteiger partial charge is 0.223 e. The highest BCUT2D eigenvalue weighted by Gasteiger charge is 2.29. The molecule has 1 heterocycles. The molecule has 2 fully saturated rings. The first-order chi connectivity index (χ1) is 8.18. The van der Waals surface area contributed by atoms with Crippen molar-refractivity contribution < 1.29 is 4.79 Å². The van der Waals surface area contributed by atoms with Gasteiger partial charge in [0.25, 0.3) is 0 Å². The summed E-state index contributed by atoms with van der Waals surface area (Å²) >= 11 is 0. The van der Waals surface area contributed by atoms with Gasteiger partial charge in [0.05, 0.1) is 0 Å². The number of nitrogens with one attached hydrogen (secondary N) is 1. The van der Waals surface area contributed by atoms with Crippen molar-refractivity contribution in [1.82, 2.24) is 10.2 Å². The second-order valence-corrected chi connectivity index (χ2v) is 5.78. The van der Waals surface area contributed by atoms with Gasteiger partial charge in [-0.05, 0) is 32.6 Å². The van der Waals surface area contributed by atoms with Gasteiger partial charge in [0.1, 0.15) is 0 Å². The lowest BCUT2D eigenvalue weighted by atomic mass is 9.86. The highest BCUT2D eigenvalue weighted by Crippen LogP contribution is 2.27. The second-order valence-electron chi connectivity index (χ2n) is 5.78. The summed E-state index contributed by atoms with van der Waals surface area (Å²) in [6, 6.07) is 0.777. The van der Waals surface area contributed by atoms with Gasteiger partial charge >= 0.3 is 0 Å². The number of hydrogen-bond donors (Lipinski definition) is 1. The first-order valence-electron chi connectivity index (χ1n) is 7.21. The molecule has 3 nitrogen and oxygen atoms in total. The predicted molar refractivity (Wildman–Crippen MR) is 77.1 cm³/mol. The lowest BCUT2D eigenvalue weighted by Gasteiger charge is -2.39. The molecule has 0 aromatic rings. The first kappa shape index (κ1) is 15.8. The Hall–Kier alpha value is -0.280. The van der Waals surface area contributed by atoms with Crippen LogP contribution in [0.1, 0.15) is 52.4 Å². The van der Waals surface area contributed by atoms with Gasteiger partial charge in [-0.1, -0.05) is 19.3 Å². The number of carbonyl (C=O) groups excluding carboxylic acids is 1. The van der Waals surface area contributed by atoms with Gasteiger partial charge in [-0.25, -0.2) is 0 Å². The number of nitrogens with zero attached hydrogens (tertiary/aromatic N) is 1. The number of carbonyl (C=O) groups is 1. The van der Waals surface area contributed by atoms with Crippen molar-refractivity contribution in [3.05, 3.63) is 0 Å². The zero-order valence-corrected chi connectivity index (χ0v) is 12.5. The summed E-state index contributed by atoms with van der Waals surface area (Å²) < 4.78 is 0. The van der Waals surface area contributed by atoms with E-state index < -0.39 is 0 Å². The number of rotatable bonds is 2. The average Bonchev–Trinajstić information content (AvgIpc) is 2.34. The van der Waals surface area contributed by atoms with Gasteiger partial charge in [-0.3, -0.25) is 4.79 Å². The Morgan fingerprint density at radius 1 is 1.22 bits per heavy atom. The molecule has 0 radical (unpaired) electrons. The lowest BCUT2D eigenvalue weighted by Crippen LogP contribution is -2.57. The van der Waals surface area contributed by atoms with E-state index in [0.29, 0.717) is 23.9 Å². The van der Waals surface area contributed by atoms with Crippen molar-refractivity contribution in [1.29, 1.82) is 0 Å². The Kier molecular flexibility index (Phi) is 6.44. The van der Waals surface area contributed by atoms with Crippen molar-refractivity contribution in [2.45, 2.75) is 64.5 Å². The summed E-state index contributed by atoms with van der Waals surface area (Å²) in [7, 11) is 0. The van der Waals surface area contributed by atoms with E-state index in [-0.39, 0.29) is 12.4 Å². The number of hydrogen-bond acceptors (Lipinski definition) is 2. The normalized spacial score (nSPS) is 29.8. The maximum absolute atomic E-state index is 12.3. The molecule has 0 spiro atoms. The zero-order chi connectivity index (χ0) is 12.3. The monoisotopic (exact) mass is 274 g/mol. The molecule has 0 bridgehead atoms. The molecule has 2 rings (SSSR count). The number of piperazine rings is 1. The molecule has 4 heteroatoms. The molecule has 2 atom stereocenters. The Bertz CT molecular complexity index is 267. The fourth-order valence-electron chi connectivity index (χ4n) is 3.16. The van der Waals surface area contributed by atoms with E-state index in [9.17, 15) is 4.79 Å². The third-order valence-electron chi connectivity index (χ3n) is 4.54. The van der Waals surface area contributed by atoms with Gasteiger partial charge < -0.3 is 10.2 Å². The van der Waals surface area contributed by atoms with Crippen LogP contribution >= 0.6 is 12.4 Å². The molecule has 1 saturated carbocycles. The van der Waals surface area contributed by atoms with Crippen molar-refractivity contribution in [3.8, 4) is 0 Å². The van der Waals surface area contributed by atoms with Crippen LogP contribution in [0.4, 0.5) is 0 Å². The van der Waals surface area contributed by atoms with E-state index in [1.54, 1.807) is 0 Å². The fraction of sp³-hybridized carbons (Fsp3) is 0.929. The maximum atomic E-state index is 12.3. The minimum atomic E-state index is 0. The molecular formula is C14H27ClN2O. The molecule has 2 aliphatic rings. The Labute approximate surface area is 117 Å². The third-order valence-corrected chi connectivity index (χ3v) is 4.54. The summed E-state index contributed by atoms with van der Waals surface area (Å²) in [5.74, 6) is 1.05. The van der Waals surface area contributed by atoms with Crippen LogP contribution < -0.4 is 5.32 Å². The summed E-state index contributed by atoms with van der Waals surface area (Å²) in [6.45, 7) is 6.17. The van der Waals surface area contributed by atoms with Crippen LogP contribution in [0.5, 0.6) is 0 Å². The van der Waals surface area contributed by atoms with Crippen LogP contribution in [0.25, 0.3) is 0 Å². The van der Waals surface area contributed by atoms with E-state index in [1.807, 2.05) is 0 Å². The highest BCUT2D eigenvalue weighted by molar-refractivity contribution is 5.85. The van der Waals surface area contributed by atoms with E-state index in [2.05, 4.69) is 24.1 Å². The molecule has 106 valence electrons. The van der Waals surface area contributed by atoms with E-state index >= 15 is 0 Å². The van der Waals surface area contributed by atoms with Crippen LogP contribution in [0, 0.1) is 5.92 Å². The van der Waals surface area contributed by atoms with E-state index in [4.69, 9.17) is 0 Å². The molecule has 1 saturated heterocycles. The number of halogens is 1. The topological polar surface area (TPSA) is 32.3 Å². The van der Waals surface area contributed by atoms with Crippen LogP contribution in [-0.4, -0.2) is 36.0 Å². The van der Waals surface area contributed by atoms with E-state index in [0.717, 1.165) is 19.5 Å². The minimum Gasteiger partial charge on any atom is -0.337 e. The molecule has 18 heavy (non-hydrogen) atoms. The summed E-state index contributed by atoms with van der Waals surface area (Å²) in [4.78, 5) is 14.4. The quantitative estimate of drug-likeness (QED) is 0.839. The van der Waals surface area contributed by atoms with Gasteiger partial charge in [0.15, 0.2) is 0 Å². The van der Waals surface area contributed by atoms with Gasteiger partial charge in [0, 0.05) is 31.6 Å². The van der Waals surface area contributed by atoms with Crippen molar-refractivity contribution in [3.63, 3.8) is 0 Å². The fourth-order valence-corrected chi connectivity index (χ4v) is 3.16. The van der Waals surface area contributed by atoms with Crippen LogP contribution in [0.2, 0.25) is 0 Å². The molecule has 2 unspecified atom stereocenters. The Morgan fingerprint density at radius 3 is 2.56 bits per heavy atom. The third kappa shape index (κ3) is 3.86. The predicted octanol–water partition coefficient (Wildman–Crippen LogP) is 2.59. The summed E-state index contributed by atoms with van der Waals surface area (Å²) in [6.07, 6.45) is 7.34. The minimum absolute atomic E-state index is 0. The average molecular weight is 275 g/mol. The molecule has 0 aromatic heterocycles. The van der Waals surface area contributed by atoms with Crippen LogP contribution in [0.3, 0.4) is 0 Å². The van der Waals surface area contributed by atoms with Crippen LogP contribution in [-0.2, 0) is 4.79 Å². The van der Waals surface area contributed by atoms with Crippen molar-refractivity contribution in [2.24, 2.45) is 5.92 Å². The molecule has 1 amide bonds. The molecular weight excluding hydrogens is 248 g/mol. The highest BCUT2D eigenvalue weighted by atomic mass is 35.5. The van der Waals surface area contributed by atoms with Gasteiger partial charge in [-0.15, -0.1) is 12.4 Å². The first-order valence-corrected chi connectivity index (χ1v) is 7.21. The standard InChI is InChI=1S/C14H26N2O.ClH/c1-11-12(2)16(9-8-15-11)14(17)10-13-6-4-3-5-7-13;/h11-13,15H,3-10H2,1-2H3;1H. The van der Waals surface area contributed by atoms with E-state index in [1.165, 1.54) is 32.1 Å². The largest absolute Gasteiger partial charge is 0.337 e.